The molecule has 0 aromatic carbocycles. The summed E-state index contributed by atoms with van der Waals surface area (Å²) < 4.78 is 5.03. The third kappa shape index (κ3) is 7.81. The number of nitrogens with two attached hydrogens (primary N) is 1. The summed E-state index contributed by atoms with van der Waals surface area (Å²) in [5.74, 6) is 0.464. The quantitative estimate of drug-likeness (QED) is 0.362. The molecule has 0 aliphatic carbocycles. The van der Waals surface area contributed by atoms with Crippen LogP contribution in [0.25, 0.3) is 0 Å². The van der Waals surface area contributed by atoms with Gasteiger partial charge in [-0.1, -0.05) is 20.8 Å². The van der Waals surface area contributed by atoms with E-state index >= 15 is 0 Å². The molecule has 1 saturated heterocycles. The second kappa shape index (κ2) is 11.0. The van der Waals surface area contributed by atoms with Crippen LogP contribution in [0.5, 0.6) is 0 Å². The van der Waals surface area contributed by atoms with E-state index < -0.39 is 0 Å². The Labute approximate surface area is 183 Å². The van der Waals surface area contributed by atoms with Crippen LogP contribution in [0.15, 0.2) is 10.4 Å². The van der Waals surface area contributed by atoms with E-state index in [0.717, 1.165) is 30.0 Å². The number of rotatable bonds is 5. The average Bonchev–Trinajstić information content (AvgIpc) is 3.05. The van der Waals surface area contributed by atoms with Gasteiger partial charge in [0.1, 0.15) is 0 Å². The van der Waals surface area contributed by atoms with E-state index in [1.807, 2.05) is 6.92 Å². The van der Waals surface area contributed by atoms with Crippen molar-refractivity contribution in [2.45, 2.75) is 58.4 Å². The number of aliphatic imine (C=N–C) groups is 1. The zero-order chi connectivity index (χ0) is 19.2. The number of hydrogen-bond acceptors (Lipinski definition) is 5. The molecule has 0 spiro atoms. The van der Waals surface area contributed by atoms with Gasteiger partial charge in [-0.3, -0.25) is 4.99 Å². The molecule has 0 radical (unpaired) electrons. The lowest BCUT2D eigenvalue weighted by atomic mass is 9.98. The molecule has 0 atom stereocenters. The van der Waals surface area contributed by atoms with E-state index in [4.69, 9.17) is 10.5 Å². The number of carbonyl (C=O) groups excluding carboxylic acids is 1. The van der Waals surface area contributed by atoms with Crippen molar-refractivity contribution in [3.8, 4) is 0 Å². The van der Waals surface area contributed by atoms with Crippen molar-refractivity contribution in [1.29, 1.82) is 0 Å². The number of ether oxygens (including phenoxy) is 1. The number of likely N-dealkylation sites (tertiary alicyclic amines) is 1. The third-order valence-corrected chi connectivity index (χ3v) is 5.53. The first-order chi connectivity index (χ1) is 12.3. The fraction of sp³-hybridized carbons (Fsp3) is 0.722. The van der Waals surface area contributed by atoms with Crippen LogP contribution in [-0.4, -0.2) is 54.2 Å². The summed E-state index contributed by atoms with van der Waals surface area (Å²) in [6.07, 6.45) is 2.24. The Morgan fingerprint density at radius 2 is 2.11 bits per heavy atom. The topological polar surface area (TPSA) is 92.8 Å². The van der Waals surface area contributed by atoms with Gasteiger partial charge in [-0.15, -0.1) is 35.3 Å². The Kier molecular flexibility index (Phi) is 9.78. The summed E-state index contributed by atoms with van der Waals surface area (Å²) in [5.41, 5.74) is 7.16. The maximum atomic E-state index is 11.7. The Hall–Kier alpha value is -1.10. The maximum Gasteiger partial charge on any atom is 0.409 e. The van der Waals surface area contributed by atoms with Crippen molar-refractivity contribution in [2.24, 2.45) is 10.7 Å². The molecule has 1 amide bonds. The minimum atomic E-state index is -0.231. The fourth-order valence-corrected chi connectivity index (χ4v) is 3.67. The average molecular weight is 509 g/mol. The first-order valence-corrected chi connectivity index (χ1v) is 10.1. The van der Waals surface area contributed by atoms with Crippen LogP contribution in [0.2, 0.25) is 0 Å². The largest absolute Gasteiger partial charge is 0.450 e. The predicted octanol–water partition coefficient (Wildman–Crippen LogP) is 3.13. The van der Waals surface area contributed by atoms with Crippen LogP contribution in [0.1, 0.15) is 51.2 Å². The normalized spacial score (nSPS) is 16.0. The Bertz CT molecular complexity index is 622. The number of amides is 1. The molecule has 2 rings (SSSR count). The van der Waals surface area contributed by atoms with Crippen molar-refractivity contribution in [3.05, 3.63) is 16.1 Å². The second-order valence-electron chi connectivity index (χ2n) is 7.52. The third-order valence-electron chi connectivity index (χ3n) is 4.22. The molecule has 27 heavy (non-hydrogen) atoms. The molecule has 1 fully saturated rings. The molecule has 3 N–H and O–H groups in total. The molecule has 1 aliphatic heterocycles. The van der Waals surface area contributed by atoms with Gasteiger partial charge in [0.25, 0.3) is 0 Å². The van der Waals surface area contributed by atoms with Gasteiger partial charge in [-0.2, -0.15) is 0 Å². The number of nitrogens with one attached hydrogen (secondary N) is 1. The summed E-state index contributed by atoms with van der Waals surface area (Å²) in [5, 5.41) is 6.51. The summed E-state index contributed by atoms with van der Waals surface area (Å²) >= 11 is 1.70. The Morgan fingerprint density at radius 1 is 1.44 bits per heavy atom. The second-order valence-corrected chi connectivity index (χ2v) is 8.37. The summed E-state index contributed by atoms with van der Waals surface area (Å²) in [7, 11) is 0. The molecule has 0 unspecified atom stereocenters. The van der Waals surface area contributed by atoms with Gasteiger partial charge in [0, 0.05) is 42.9 Å². The van der Waals surface area contributed by atoms with Crippen LogP contribution >= 0.6 is 35.3 Å². The van der Waals surface area contributed by atoms with Crippen molar-refractivity contribution < 1.29 is 9.53 Å². The number of aromatic nitrogens is 1. The molecule has 1 aromatic rings. The monoisotopic (exact) mass is 509 g/mol. The molecule has 9 heteroatoms. The van der Waals surface area contributed by atoms with Gasteiger partial charge in [-0.05, 0) is 19.8 Å². The number of halogens is 1. The molecular formula is C18H32IN5O2S. The lowest BCUT2D eigenvalue weighted by Gasteiger charge is -2.31. The zero-order valence-electron chi connectivity index (χ0n) is 16.7. The zero-order valence-corrected chi connectivity index (χ0v) is 19.8. The number of hydrogen-bond donors (Lipinski definition) is 2. The molecule has 1 aliphatic rings. The number of piperidine rings is 1. The van der Waals surface area contributed by atoms with Gasteiger partial charge >= 0.3 is 6.09 Å². The predicted molar refractivity (Wildman–Crippen MR) is 121 cm³/mol. The number of thiazole rings is 1. The highest BCUT2D eigenvalue weighted by atomic mass is 127. The number of nitrogens with zero attached hydrogens (tertiary/aromatic N) is 3. The van der Waals surface area contributed by atoms with Crippen molar-refractivity contribution in [1.82, 2.24) is 15.2 Å². The first kappa shape index (κ1) is 23.9. The minimum Gasteiger partial charge on any atom is -0.450 e. The van der Waals surface area contributed by atoms with Gasteiger partial charge in [0.05, 0.1) is 17.3 Å². The summed E-state index contributed by atoms with van der Waals surface area (Å²) in [6, 6.07) is 0.246. The highest BCUT2D eigenvalue weighted by Crippen LogP contribution is 2.25. The lowest BCUT2D eigenvalue weighted by Crippen LogP contribution is -2.48. The molecule has 1 aromatic heterocycles. The van der Waals surface area contributed by atoms with Gasteiger partial charge < -0.3 is 20.7 Å². The number of carbonyl (C=O) groups is 1. The molecule has 2 heterocycles. The molecule has 154 valence electrons. The van der Waals surface area contributed by atoms with E-state index in [0.29, 0.717) is 32.2 Å². The van der Waals surface area contributed by atoms with Crippen LogP contribution in [0, 0.1) is 0 Å². The summed E-state index contributed by atoms with van der Waals surface area (Å²) in [4.78, 5) is 22.5. The lowest BCUT2D eigenvalue weighted by molar-refractivity contribution is 0.0963. The van der Waals surface area contributed by atoms with Crippen molar-refractivity contribution >= 4 is 47.4 Å². The van der Waals surface area contributed by atoms with E-state index in [1.165, 1.54) is 0 Å². The molecular weight excluding hydrogens is 477 g/mol. The Balaban J connectivity index is 0.00000364. The molecule has 0 saturated carbocycles. The smallest absolute Gasteiger partial charge is 0.409 e. The fourth-order valence-electron chi connectivity index (χ4n) is 2.73. The maximum absolute atomic E-state index is 11.7. The van der Waals surface area contributed by atoms with Crippen molar-refractivity contribution in [3.63, 3.8) is 0 Å². The van der Waals surface area contributed by atoms with Crippen LogP contribution in [-0.2, 0) is 16.6 Å². The van der Waals surface area contributed by atoms with Crippen LogP contribution in [0.4, 0.5) is 4.79 Å². The van der Waals surface area contributed by atoms with Crippen LogP contribution in [0.3, 0.4) is 0 Å². The highest BCUT2D eigenvalue weighted by molar-refractivity contribution is 14.0. The van der Waals surface area contributed by atoms with E-state index in [-0.39, 0.29) is 41.5 Å². The minimum absolute atomic E-state index is 0. The Morgan fingerprint density at radius 3 is 2.67 bits per heavy atom. The van der Waals surface area contributed by atoms with E-state index in [9.17, 15) is 4.79 Å². The molecule has 0 bridgehead atoms. The summed E-state index contributed by atoms with van der Waals surface area (Å²) in [6.45, 7) is 10.7. The van der Waals surface area contributed by atoms with E-state index in [2.05, 4.69) is 41.4 Å². The molecule has 7 nitrogen and oxygen atoms in total. The standard InChI is InChI=1S/C18H31N5O2S.HI/c1-5-25-17(24)23-10-7-13(8-11-23)22-16(19)20-9-6-14-12-26-15(21-14)18(2,3)4;/h12-13H,5-11H2,1-4H3,(H3,19,20,22);1H. The first-order valence-electron chi connectivity index (χ1n) is 9.22. The van der Waals surface area contributed by atoms with Gasteiger partial charge in [0.15, 0.2) is 5.96 Å². The number of guanidine groups is 1. The van der Waals surface area contributed by atoms with Crippen molar-refractivity contribution in [2.75, 3.05) is 26.2 Å². The SMILES string of the molecule is CCOC(=O)N1CCC(NC(N)=NCCc2csc(C(C)(C)C)n2)CC1.I. The highest BCUT2D eigenvalue weighted by Gasteiger charge is 2.23. The van der Waals surface area contributed by atoms with Crippen LogP contribution < -0.4 is 11.1 Å². The van der Waals surface area contributed by atoms with Gasteiger partial charge in [0.2, 0.25) is 0 Å². The van der Waals surface area contributed by atoms with E-state index in [1.54, 1.807) is 16.2 Å². The van der Waals surface area contributed by atoms with Gasteiger partial charge in [-0.25, -0.2) is 9.78 Å².